The molecular weight excluding hydrogens is 314 g/mol. The molecule has 16 heavy (non-hydrogen) atoms. The van der Waals surface area contributed by atoms with Gasteiger partial charge in [0.15, 0.2) is 0 Å². The maximum atomic E-state index is 13.8. The van der Waals surface area contributed by atoms with E-state index in [2.05, 4.69) is 22.9 Å². The Morgan fingerprint density at radius 3 is 2.62 bits per heavy atom. The highest BCUT2D eigenvalue weighted by Crippen LogP contribution is 2.46. The minimum Gasteiger partial charge on any atom is -0.207 e. The first-order valence-corrected chi connectivity index (χ1v) is 6.90. The van der Waals surface area contributed by atoms with E-state index in [1.807, 2.05) is 0 Å². The van der Waals surface area contributed by atoms with E-state index in [0.29, 0.717) is 26.9 Å². The number of hydrogen-bond donors (Lipinski definition) is 0. The van der Waals surface area contributed by atoms with Crippen molar-refractivity contribution in [2.75, 3.05) is 0 Å². The van der Waals surface area contributed by atoms with Crippen molar-refractivity contribution in [3.05, 3.63) is 33.0 Å². The van der Waals surface area contributed by atoms with Gasteiger partial charge in [-0.3, -0.25) is 0 Å². The second-order valence-electron chi connectivity index (χ2n) is 4.39. The number of alkyl halides is 1. The lowest BCUT2D eigenvalue weighted by atomic mass is 9.96. The molecule has 0 N–H and O–H groups in total. The Labute approximate surface area is 113 Å². The summed E-state index contributed by atoms with van der Waals surface area (Å²) in [7, 11) is 0. The second kappa shape index (κ2) is 4.83. The van der Waals surface area contributed by atoms with Crippen LogP contribution in [-0.4, -0.2) is 0 Å². The molecule has 1 aliphatic rings. The van der Waals surface area contributed by atoms with Crippen LogP contribution in [0.5, 0.6) is 0 Å². The molecule has 2 rings (SSSR count). The predicted molar refractivity (Wildman–Crippen MR) is 69.6 cm³/mol. The number of halogens is 4. The molecule has 0 aliphatic heterocycles. The molecule has 1 aliphatic carbocycles. The fourth-order valence-electron chi connectivity index (χ4n) is 1.89. The summed E-state index contributed by atoms with van der Waals surface area (Å²) in [6.07, 6.45) is 2.41. The summed E-state index contributed by atoms with van der Waals surface area (Å²) in [6.45, 7) is 2.07. The van der Waals surface area contributed by atoms with Gasteiger partial charge in [0.1, 0.15) is 5.82 Å². The summed E-state index contributed by atoms with van der Waals surface area (Å²) in [5.41, 5.74) is 0.509. The van der Waals surface area contributed by atoms with E-state index in [1.165, 1.54) is 18.9 Å². The normalized spacial score (nSPS) is 19.6. The monoisotopic (exact) mass is 324 g/mol. The maximum absolute atomic E-state index is 13.8. The summed E-state index contributed by atoms with van der Waals surface area (Å²) < 4.78 is 14.3. The van der Waals surface area contributed by atoms with Crippen molar-refractivity contribution in [2.24, 2.45) is 11.8 Å². The molecule has 1 fully saturated rings. The third-order valence-corrected chi connectivity index (χ3v) is 4.99. The first-order valence-electron chi connectivity index (χ1n) is 5.29. The summed E-state index contributed by atoms with van der Waals surface area (Å²) in [5, 5.41) is 0.211. The van der Waals surface area contributed by atoms with Crippen molar-refractivity contribution < 1.29 is 4.39 Å². The molecule has 2 unspecified atom stereocenters. The van der Waals surface area contributed by atoms with Gasteiger partial charge >= 0.3 is 0 Å². The fraction of sp³-hybridized carbons (Fsp3) is 0.500. The maximum Gasteiger partial charge on any atom is 0.129 e. The molecule has 0 aromatic heterocycles. The molecule has 0 saturated heterocycles. The van der Waals surface area contributed by atoms with Crippen LogP contribution < -0.4 is 0 Å². The van der Waals surface area contributed by atoms with Crippen LogP contribution in [0.3, 0.4) is 0 Å². The first kappa shape index (κ1) is 12.7. The zero-order valence-corrected chi connectivity index (χ0v) is 11.9. The van der Waals surface area contributed by atoms with Crippen LogP contribution in [0.25, 0.3) is 0 Å². The zero-order valence-electron chi connectivity index (χ0n) is 8.81. The Morgan fingerprint density at radius 1 is 1.44 bits per heavy atom. The summed E-state index contributed by atoms with van der Waals surface area (Å²) in [6, 6.07) is 3.00. The lowest BCUT2D eigenvalue weighted by Gasteiger charge is -2.19. The molecule has 4 heteroatoms. The van der Waals surface area contributed by atoms with Gasteiger partial charge < -0.3 is 0 Å². The van der Waals surface area contributed by atoms with Gasteiger partial charge in [-0.25, -0.2) is 4.39 Å². The molecule has 0 nitrogen and oxygen atoms in total. The van der Waals surface area contributed by atoms with Crippen LogP contribution >= 0.6 is 39.1 Å². The summed E-state index contributed by atoms with van der Waals surface area (Å²) >= 11 is 15.5. The number of hydrogen-bond acceptors (Lipinski definition) is 0. The third-order valence-electron chi connectivity index (χ3n) is 3.16. The lowest BCUT2D eigenvalue weighted by molar-refractivity contribution is 0.475. The molecule has 1 aromatic carbocycles. The van der Waals surface area contributed by atoms with Crippen molar-refractivity contribution in [1.29, 1.82) is 0 Å². The van der Waals surface area contributed by atoms with E-state index in [9.17, 15) is 4.39 Å². The molecule has 0 amide bonds. The van der Waals surface area contributed by atoms with Gasteiger partial charge in [-0.05, 0) is 52.7 Å². The Balaban J connectivity index is 2.28. The van der Waals surface area contributed by atoms with Gasteiger partial charge in [-0.15, -0.1) is 11.6 Å². The van der Waals surface area contributed by atoms with Crippen molar-refractivity contribution in [1.82, 2.24) is 0 Å². The van der Waals surface area contributed by atoms with Gasteiger partial charge in [0, 0.05) is 10.0 Å². The van der Waals surface area contributed by atoms with Crippen molar-refractivity contribution in [3.63, 3.8) is 0 Å². The van der Waals surface area contributed by atoms with E-state index in [1.54, 1.807) is 6.07 Å². The zero-order chi connectivity index (χ0) is 11.9. The van der Waals surface area contributed by atoms with Gasteiger partial charge in [0.05, 0.1) is 10.4 Å². The van der Waals surface area contributed by atoms with E-state index in [-0.39, 0.29) is 11.2 Å². The third kappa shape index (κ3) is 2.55. The highest BCUT2D eigenvalue weighted by atomic mass is 79.9. The predicted octanol–water partition coefficient (Wildman–Crippen LogP) is 5.57. The molecule has 1 aromatic rings. The van der Waals surface area contributed by atoms with Crippen molar-refractivity contribution >= 4 is 39.1 Å². The molecule has 0 bridgehead atoms. The first-order chi connectivity index (χ1) is 7.50. The van der Waals surface area contributed by atoms with E-state index < -0.39 is 0 Å². The average molecular weight is 326 g/mol. The van der Waals surface area contributed by atoms with Crippen LogP contribution in [0.2, 0.25) is 5.02 Å². The SMILES string of the molecule is CC(C1CC1)C(Cl)c1cc(Cl)c(Br)cc1F. The average Bonchev–Trinajstić information content (AvgIpc) is 3.05. The minimum absolute atomic E-state index is 0.288. The van der Waals surface area contributed by atoms with Crippen molar-refractivity contribution in [2.45, 2.75) is 25.1 Å². The summed E-state index contributed by atoms with van der Waals surface area (Å²) in [4.78, 5) is 0. The van der Waals surface area contributed by atoms with Crippen molar-refractivity contribution in [3.8, 4) is 0 Å². The number of benzene rings is 1. The van der Waals surface area contributed by atoms with E-state index in [0.717, 1.165) is 0 Å². The minimum atomic E-state index is -0.293. The Kier molecular flexibility index (Phi) is 3.82. The van der Waals surface area contributed by atoms with Gasteiger partial charge in [-0.1, -0.05) is 18.5 Å². The quantitative estimate of drug-likeness (QED) is 0.503. The standard InChI is InChI=1S/C12H12BrCl2F/c1-6(7-2-3-7)12(15)8-4-10(14)9(13)5-11(8)16/h4-7,12H,2-3H2,1H3. The van der Waals surface area contributed by atoms with Gasteiger partial charge in [-0.2, -0.15) is 0 Å². The Hall–Kier alpha value is 0.210. The topological polar surface area (TPSA) is 0 Å². The second-order valence-corrected chi connectivity index (χ2v) is 6.12. The molecule has 2 atom stereocenters. The van der Waals surface area contributed by atoms with Crippen LogP contribution in [-0.2, 0) is 0 Å². The molecule has 0 heterocycles. The molecule has 0 spiro atoms. The molecule has 1 saturated carbocycles. The molecule has 88 valence electrons. The van der Waals surface area contributed by atoms with Crippen LogP contribution in [0.4, 0.5) is 4.39 Å². The van der Waals surface area contributed by atoms with E-state index in [4.69, 9.17) is 23.2 Å². The fourth-order valence-corrected chi connectivity index (χ4v) is 2.75. The molecule has 0 radical (unpaired) electrons. The Bertz CT molecular complexity index is 404. The Morgan fingerprint density at radius 2 is 2.06 bits per heavy atom. The molecular formula is C12H12BrCl2F. The smallest absolute Gasteiger partial charge is 0.129 e. The van der Waals surface area contributed by atoms with Crippen LogP contribution in [0.1, 0.15) is 30.7 Å². The lowest BCUT2D eigenvalue weighted by Crippen LogP contribution is -2.08. The van der Waals surface area contributed by atoms with Crippen LogP contribution in [0.15, 0.2) is 16.6 Å². The van der Waals surface area contributed by atoms with E-state index >= 15 is 0 Å². The van der Waals surface area contributed by atoms with Crippen LogP contribution in [0, 0.1) is 17.7 Å². The van der Waals surface area contributed by atoms with Gasteiger partial charge in [0.25, 0.3) is 0 Å². The van der Waals surface area contributed by atoms with Gasteiger partial charge in [0.2, 0.25) is 0 Å². The largest absolute Gasteiger partial charge is 0.207 e. The highest BCUT2D eigenvalue weighted by molar-refractivity contribution is 9.10. The highest BCUT2D eigenvalue weighted by Gasteiger charge is 2.34. The number of rotatable bonds is 3. The summed E-state index contributed by atoms with van der Waals surface area (Å²) in [5.74, 6) is 0.654.